The second-order valence-electron chi connectivity index (χ2n) is 4.58. The number of aromatic nitrogens is 4. The molecule has 0 amide bonds. The first-order valence-electron chi connectivity index (χ1n) is 6.77. The van der Waals surface area contributed by atoms with Crippen LogP contribution in [0.25, 0.3) is 5.78 Å². The quantitative estimate of drug-likeness (QED) is 0.712. The van der Waals surface area contributed by atoms with Gasteiger partial charge in [0.05, 0.1) is 12.5 Å². The lowest BCUT2D eigenvalue weighted by Gasteiger charge is -2.23. The molecule has 0 saturated heterocycles. The molecule has 3 heterocycles. The van der Waals surface area contributed by atoms with Crippen molar-refractivity contribution >= 4 is 11.6 Å². The highest BCUT2D eigenvalue weighted by atomic mass is 16.3. The average molecular weight is 271 g/mol. The first-order valence-corrected chi connectivity index (χ1v) is 6.77. The fraction of sp³-hybridized carbons (Fsp3) is 0.357. The van der Waals surface area contributed by atoms with Gasteiger partial charge in [-0.2, -0.15) is 14.6 Å². The molecule has 0 aliphatic rings. The third-order valence-electron chi connectivity index (χ3n) is 3.31. The van der Waals surface area contributed by atoms with Gasteiger partial charge < -0.3 is 9.32 Å². The summed E-state index contributed by atoms with van der Waals surface area (Å²) in [5.41, 5.74) is 2.15. The Morgan fingerprint density at radius 2 is 2.25 bits per heavy atom. The predicted octanol–water partition coefficient (Wildman–Crippen LogP) is 2.31. The molecule has 6 heteroatoms. The van der Waals surface area contributed by atoms with Crippen LogP contribution in [0, 0.1) is 0 Å². The van der Waals surface area contributed by atoms with E-state index in [1.807, 2.05) is 6.07 Å². The molecular weight excluding hydrogens is 254 g/mol. The van der Waals surface area contributed by atoms with Crippen molar-refractivity contribution in [1.82, 2.24) is 19.6 Å². The smallest absolute Gasteiger partial charge is 0.254 e. The lowest BCUT2D eigenvalue weighted by molar-refractivity contribution is 0.563. The van der Waals surface area contributed by atoms with E-state index in [1.54, 1.807) is 17.0 Å². The number of hydrogen-bond donors (Lipinski definition) is 0. The van der Waals surface area contributed by atoms with Gasteiger partial charge in [0.1, 0.15) is 12.1 Å². The molecule has 3 aromatic heterocycles. The Bertz CT molecular complexity index is 689. The number of nitrogens with zero attached hydrogens (tertiary/aromatic N) is 5. The summed E-state index contributed by atoms with van der Waals surface area (Å²) in [5.74, 6) is 1.65. The Kier molecular flexibility index (Phi) is 3.37. The van der Waals surface area contributed by atoms with E-state index < -0.39 is 0 Å². The Morgan fingerprint density at radius 3 is 2.95 bits per heavy atom. The van der Waals surface area contributed by atoms with E-state index >= 15 is 0 Å². The highest BCUT2D eigenvalue weighted by Crippen LogP contribution is 2.19. The molecule has 3 aromatic rings. The minimum Gasteiger partial charge on any atom is -0.472 e. The van der Waals surface area contributed by atoms with Crippen molar-refractivity contribution in [3.05, 3.63) is 42.2 Å². The van der Waals surface area contributed by atoms with Crippen LogP contribution in [0.1, 0.15) is 25.1 Å². The molecule has 0 spiro atoms. The number of rotatable bonds is 5. The van der Waals surface area contributed by atoms with Crippen molar-refractivity contribution < 1.29 is 4.42 Å². The highest BCUT2D eigenvalue weighted by molar-refractivity contribution is 5.47. The normalized spacial score (nSPS) is 11.1. The molecule has 0 aliphatic carbocycles. The summed E-state index contributed by atoms with van der Waals surface area (Å²) >= 11 is 0. The zero-order chi connectivity index (χ0) is 13.9. The van der Waals surface area contributed by atoms with Gasteiger partial charge >= 0.3 is 0 Å². The van der Waals surface area contributed by atoms with Crippen molar-refractivity contribution in [2.75, 3.05) is 11.4 Å². The van der Waals surface area contributed by atoms with Gasteiger partial charge in [-0.3, -0.25) is 0 Å². The summed E-state index contributed by atoms with van der Waals surface area (Å²) in [6.07, 6.45) is 5.87. The maximum atomic E-state index is 5.14. The van der Waals surface area contributed by atoms with Crippen LogP contribution in [0.5, 0.6) is 0 Å². The second-order valence-corrected chi connectivity index (χ2v) is 4.58. The van der Waals surface area contributed by atoms with E-state index in [0.717, 1.165) is 36.6 Å². The van der Waals surface area contributed by atoms with Crippen LogP contribution in [0.3, 0.4) is 0 Å². The van der Waals surface area contributed by atoms with Crippen molar-refractivity contribution in [2.45, 2.75) is 26.8 Å². The third-order valence-corrected chi connectivity index (χ3v) is 3.31. The van der Waals surface area contributed by atoms with E-state index in [0.29, 0.717) is 5.78 Å². The van der Waals surface area contributed by atoms with Gasteiger partial charge in [0.15, 0.2) is 0 Å². The Balaban J connectivity index is 2.03. The van der Waals surface area contributed by atoms with E-state index in [4.69, 9.17) is 4.42 Å². The molecule has 6 nitrogen and oxygen atoms in total. The molecule has 0 atom stereocenters. The van der Waals surface area contributed by atoms with E-state index in [-0.39, 0.29) is 0 Å². The summed E-state index contributed by atoms with van der Waals surface area (Å²) < 4.78 is 6.92. The molecule has 0 aromatic carbocycles. The Labute approximate surface area is 117 Å². The minimum absolute atomic E-state index is 0.644. The first-order chi connectivity index (χ1) is 9.81. The molecule has 0 saturated carbocycles. The minimum atomic E-state index is 0.644. The van der Waals surface area contributed by atoms with Gasteiger partial charge in [0, 0.05) is 30.4 Å². The van der Waals surface area contributed by atoms with Crippen LogP contribution in [0.4, 0.5) is 5.82 Å². The van der Waals surface area contributed by atoms with Crippen molar-refractivity contribution in [1.29, 1.82) is 0 Å². The summed E-state index contributed by atoms with van der Waals surface area (Å²) in [6, 6.07) is 4.05. The van der Waals surface area contributed by atoms with E-state index in [9.17, 15) is 0 Å². The average Bonchev–Trinajstić information content (AvgIpc) is 3.14. The number of fused-ring (bicyclic) bond motifs is 1. The van der Waals surface area contributed by atoms with Crippen LogP contribution in [-0.2, 0) is 13.0 Å². The monoisotopic (exact) mass is 271 g/mol. The molecule has 0 fully saturated rings. The third kappa shape index (κ3) is 2.24. The zero-order valence-electron chi connectivity index (χ0n) is 11.7. The van der Waals surface area contributed by atoms with E-state index in [1.165, 1.54) is 6.33 Å². The molecule has 3 rings (SSSR count). The first kappa shape index (κ1) is 12.7. The Hall–Kier alpha value is -2.37. The molecule has 0 radical (unpaired) electrons. The Morgan fingerprint density at radius 1 is 1.35 bits per heavy atom. The van der Waals surface area contributed by atoms with Gasteiger partial charge in [-0.15, -0.1) is 0 Å². The van der Waals surface area contributed by atoms with E-state index in [2.05, 4.69) is 39.9 Å². The van der Waals surface area contributed by atoms with Crippen LogP contribution in [-0.4, -0.2) is 26.1 Å². The van der Waals surface area contributed by atoms with Crippen molar-refractivity contribution in [2.24, 2.45) is 0 Å². The molecule has 20 heavy (non-hydrogen) atoms. The van der Waals surface area contributed by atoms with Crippen LogP contribution >= 0.6 is 0 Å². The molecule has 0 aliphatic heterocycles. The second kappa shape index (κ2) is 5.32. The largest absolute Gasteiger partial charge is 0.472 e. The molecular formula is C14H17N5O. The molecule has 0 unspecified atom stereocenters. The summed E-state index contributed by atoms with van der Waals surface area (Å²) in [4.78, 5) is 10.9. The lowest BCUT2D eigenvalue weighted by Crippen LogP contribution is -2.25. The topological polar surface area (TPSA) is 59.5 Å². The van der Waals surface area contributed by atoms with Gasteiger partial charge in [0.25, 0.3) is 5.78 Å². The standard InChI is InChI=1S/C14H17N5O/c1-3-12-7-13(19-14(17-12)15-10-16-19)18(4-2)8-11-5-6-20-9-11/h5-7,9-10H,3-4,8H2,1-2H3. The van der Waals surface area contributed by atoms with Crippen LogP contribution in [0.2, 0.25) is 0 Å². The molecule has 0 bridgehead atoms. The van der Waals surface area contributed by atoms with Crippen molar-refractivity contribution in [3.63, 3.8) is 0 Å². The predicted molar refractivity (Wildman–Crippen MR) is 75.6 cm³/mol. The fourth-order valence-electron chi connectivity index (χ4n) is 2.21. The number of anilines is 1. The van der Waals surface area contributed by atoms with Gasteiger partial charge in [-0.05, 0) is 19.4 Å². The molecule has 0 N–H and O–H groups in total. The summed E-state index contributed by atoms with van der Waals surface area (Å²) in [6.45, 7) is 5.85. The van der Waals surface area contributed by atoms with Gasteiger partial charge in [-0.1, -0.05) is 6.92 Å². The van der Waals surface area contributed by atoms with Crippen molar-refractivity contribution in [3.8, 4) is 0 Å². The number of aryl methyl sites for hydroxylation is 1. The van der Waals surface area contributed by atoms with Crippen LogP contribution < -0.4 is 4.90 Å². The molecule has 104 valence electrons. The maximum Gasteiger partial charge on any atom is 0.254 e. The SMILES string of the molecule is CCc1cc(N(CC)Cc2ccoc2)n2ncnc2n1. The van der Waals surface area contributed by atoms with Gasteiger partial charge in [0.2, 0.25) is 0 Å². The lowest BCUT2D eigenvalue weighted by atomic mass is 10.2. The number of hydrogen-bond acceptors (Lipinski definition) is 5. The van der Waals surface area contributed by atoms with Crippen LogP contribution in [0.15, 0.2) is 35.4 Å². The summed E-state index contributed by atoms with van der Waals surface area (Å²) in [5, 5.41) is 4.27. The van der Waals surface area contributed by atoms with Gasteiger partial charge in [-0.25, -0.2) is 4.98 Å². The maximum absolute atomic E-state index is 5.14. The highest BCUT2D eigenvalue weighted by Gasteiger charge is 2.13. The zero-order valence-corrected chi connectivity index (χ0v) is 11.7. The number of furan rings is 1. The summed E-state index contributed by atoms with van der Waals surface area (Å²) in [7, 11) is 0. The fourth-order valence-corrected chi connectivity index (χ4v) is 2.21.